The van der Waals surface area contributed by atoms with Crippen molar-refractivity contribution in [2.75, 3.05) is 18.4 Å². The van der Waals surface area contributed by atoms with Crippen LogP contribution in [-0.4, -0.2) is 38.7 Å². The van der Waals surface area contributed by atoms with Gasteiger partial charge in [-0.05, 0) is 49.9 Å². The maximum Gasteiger partial charge on any atom is 0.255 e. The van der Waals surface area contributed by atoms with Crippen molar-refractivity contribution in [2.45, 2.75) is 26.8 Å². The lowest BCUT2D eigenvalue weighted by atomic mass is 10.0. The molecule has 3 aromatic rings. The van der Waals surface area contributed by atoms with Gasteiger partial charge in [0, 0.05) is 17.5 Å². The van der Waals surface area contributed by atoms with E-state index in [9.17, 15) is 0 Å². The molecule has 3 heterocycles. The summed E-state index contributed by atoms with van der Waals surface area (Å²) in [5.41, 5.74) is 0.142. The van der Waals surface area contributed by atoms with E-state index in [1.807, 2.05) is 20.8 Å². The zero-order chi connectivity index (χ0) is 22.6. The Morgan fingerprint density at radius 3 is 2.50 bits per heavy atom. The average Bonchev–Trinajstić information content (AvgIpc) is 3.10. The van der Waals surface area contributed by atoms with E-state index >= 15 is 8.78 Å². The van der Waals surface area contributed by atoms with Crippen LogP contribution in [0.2, 0.25) is 5.15 Å². The second kappa shape index (κ2) is 7.98. The molecule has 6 nitrogen and oxygen atoms in total. The summed E-state index contributed by atoms with van der Waals surface area (Å²) in [6.07, 6.45) is 1.32. The number of rotatable bonds is 4. The number of hydrogen-bond donors (Lipinski definition) is 2. The number of hydrogen-bond acceptors (Lipinski definition) is 5. The van der Waals surface area contributed by atoms with E-state index in [-0.39, 0.29) is 34.0 Å². The molecule has 0 radical (unpaired) electrons. The van der Waals surface area contributed by atoms with Crippen molar-refractivity contribution in [3.8, 4) is 23.0 Å². The number of halogens is 3. The van der Waals surface area contributed by atoms with E-state index < -0.39 is 11.6 Å². The molecular formula is C23H23ClF2N6. The summed E-state index contributed by atoms with van der Waals surface area (Å²) in [6, 6.07) is 2.47. The molecule has 2 aromatic heterocycles. The Morgan fingerprint density at radius 1 is 1.16 bits per heavy atom. The van der Waals surface area contributed by atoms with Crippen molar-refractivity contribution in [1.82, 2.24) is 24.9 Å². The summed E-state index contributed by atoms with van der Waals surface area (Å²) in [5, 5.41) is 10.7. The minimum atomic E-state index is -0.754. The first-order chi connectivity index (χ1) is 15.3. The first-order valence-electron chi connectivity index (χ1n) is 10.7. The van der Waals surface area contributed by atoms with Gasteiger partial charge in [-0.1, -0.05) is 37.3 Å². The summed E-state index contributed by atoms with van der Waals surface area (Å²) in [6.45, 7) is 7.98. The van der Waals surface area contributed by atoms with Crippen molar-refractivity contribution in [2.24, 2.45) is 23.7 Å². The monoisotopic (exact) mass is 456 g/mol. The second-order valence-electron chi connectivity index (χ2n) is 8.87. The Kier molecular flexibility index (Phi) is 5.26. The molecule has 1 saturated carbocycles. The summed E-state index contributed by atoms with van der Waals surface area (Å²) in [4.78, 5) is 8.24. The number of benzene rings is 1. The first kappa shape index (κ1) is 21.1. The molecule has 0 bridgehead atoms. The van der Waals surface area contributed by atoms with Crippen molar-refractivity contribution in [3.05, 3.63) is 40.8 Å². The van der Waals surface area contributed by atoms with E-state index in [0.29, 0.717) is 29.1 Å². The fraction of sp³-hybridized carbons (Fsp3) is 0.435. The van der Waals surface area contributed by atoms with Crippen LogP contribution in [0, 0.1) is 47.1 Å². The second-order valence-corrected chi connectivity index (χ2v) is 9.23. The lowest BCUT2D eigenvalue weighted by Gasteiger charge is -2.22. The van der Waals surface area contributed by atoms with Gasteiger partial charge in [-0.3, -0.25) is 0 Å². The van der Waals surface area contributed by atoms with Crippen molar-refractivity contribution < 1.29 is 8.78 Å². The third-order valence-electron chi connectivity index (χ3n) is 6.51. The van der Waals surface area contributed by atoms with Crippen LogP contribution in [0.25, 0.3) is 16.9 Å². The third kappa shape index (κ3) is 3.59. The minimum Gasteiger partial charge on any atom is -0.367 e. The molecule has 1 aliphatic heterocycles. The summed E-state index contributed by atoms with van der Waals surface area (Å²) >= 11 is 6.41. The molecule has 32 heavy (non-hydrogen) atoms. The van der Waals surface area contributed by atoms with Gasteiger partial charge >= 0.3 is 0 Å². The lowest BCUT2D eigenvalue weighted by molar-refractivity contribution is 0.556. The fourth-order valence-electron chi connectivity index (χ4n) is 4.24. The molecule has 4 atom stereocenters. The van der Waals surface area contributed by atoms with Gasteiger partial charge in [-0.15, -0.1) is 0 Å². The maximum absolute atomic E-state index is 15.3. The molecule has 0 amide bonds. The highest BCUT2D eigenvalue weighted by Gasteiger charge is 2.51. The molecule has 2 fully saturated rings. The molecule has 2 aliphatic rings. The Labute approximate surface area is 189 Å². The minimum absolute atomic E-state index is 0.0247. The van der Waals surface area contributed by atoms with Crippen LogP contribution >= 0.6 is 11.6 Å². The van der Waals surface area contributed by atoms with E-state index in [1.54, 1.807) is 0 Å². The van der Waals surface area contributed by atoms with Gasteiger partial charge in [0.05, 0.1) is 11.1 Å². The topological polar surface area (TPSA) is 67.1 Å². The van der Waals surface area contributed by atoms with Crippen LogP contribution in [0.5, 0.6) is 0 Å². The highest BCUT2D eigenvalue weighted by Crippen LogP contribution is 2.48. The highest BCUT2D eigenvalue weighted by atomic mass is 35.5. The number of fused-ring (bicyclic) bond motifs is 2. The molecule has 1 aromatic carbocycles. The number of nitrogens with one attached hydrogen (secondary N) is 2. The van der Waals surface area contributed by atoms with Crippen molar-refractivity contribution in [1.29, 1.82) is 0 Å². The molecule has 5 rings (SSSR count). The summed E-state index contributed by atoms with van der Waals surface area (Å²) in [7, 11) is 0. The molecular weight excluding hydrogens is 434 g/mol. The molecule has 166 valence electrons. The van der Waals surface area contributed by atoms with Gasteiger partial charge in [0.25, 0.3) is 5.78 Å². The number of piperidine rings is 1. The van der Waals surface area contributed by atoms with Crippen LogP contribution in [0.15, 0.2) is 18.5 Å². The Bertz CT molecular complexity index is 1230. The van der Waals surface area contributed by atoms with E-state index in [4.69, 9.17) is 11.6 Å². The van der Waals surface area contributed by atoms with E-state index in [2.05, 4.69) is 37.5 Å². The molecule has 1 saturated heterocycles. The van der Waals surface area contributed by atoms with Crippen molar-refractivity contribution in [3.63, 3.8) is 0 Å². The largest absolute Gasteiger partial charge is 0.367 e. The standard InChI is InChI=1S/C23H23ClF2N6/c1-11(2)12(3)30-22-20(21(24)31-23-28-10-29-32(22)23)19-17(25)6-13(7-18(19)26)4-5-14-15-8-27-9-16(14)15/h6-7,10-12,14-16,27,30H,8-9H2,1-3H3/t12-,14?,15-,16+/m1/s1. The molecule has 1 unspecified atom stereocenters. The van der Waals surface area contributed by atoms with Gasteiger partial charge in [0.1, 0.15) is 28.9 Å². The van der Waals surface area contributed by atoms with Crippen LogP contribution < -0.4 is 10.6 Å². The first-order valence-corrected chi connectivity index (χ1v) is 11.1. The molecule has 1 aliphatic carbocycles. The van der Waals surface area contributed by atoms with Gasteiger partial charge in [0.2, 0.25) is 0 Å². The Hall–Kier alpha value is -2.76. The predicted octanol–water partition coefficient (Wildman–Crippen LogP) is 4.00. The molecule has 2 N–H and O–H groups in total. The fourth-order valence-corrected chi connectivity index (χ4v) is 4.50. The summed E-state index contributed by atoms with van der Waals surface area (Å²) in [5.74, 6) is 6.88. The quantitative estimate of drug-likeness (QED) is 0.459. The zero-order valence-electron chi connectivity index (χ0n) is 18.0. The van der Waals surface area contributed by atoms with E-state index in [1.165, 1.54) is 23.0 Å². The SMILES string of the molecule is CC(C)[C@@H](C)Nc1c(-c2c(F)cc(C#CC3[C@H]4CNC[C@@H]34)cc2F)c(Cl)nc2ncnn12. The normalized spacial score (nSPS) is 22.5. The Balaban J connectivity index is 1.57. The van der Waals surface area contributed by atoms with Crippen molar-refractivity contribution >= 4 is 23.2 Å². The van der Waals surface area contributed by atoms with E-state index in [0.717, 1.165) is 13.1 Å². The van der Waals surface area contributed by atoms with Gasteiger partial charge < -0.3 is 10.6 Å². The smallest absolute Gasteiger partial charge is 0.255 e. The number of aromatic nitrogens is 4. The van der Waals surface area contributed by atoms with Gasteiger partial charge in [-0.25, -0.2) is 8.78 Å². The van der Waals surface area contributed by atoms with Crippen LogP contribution in [-0.2, 0) is 0 Å². The molecule has 9 heteroatoms. The third-order valence-corrected chi connectivity index (χ3v) is 6.79. The van der Waals surface area contributed by atoms with Crippen LogP contribution in [0.1, 0.15) is 26.3 Å². The van der Waals surface area contributed by atoms with Gasteiger partial charge in [-0.2, -0.15) is 19.6 Å². The maximum atomic E-state index is 15.3. The van der Waals surface area contributed by atoms with Crippen LogP contribution in [0.4, 0.5) is 14.6 Å². The van der Waals surface area contributed by atoms with Crippen LogP contribution in [0.3, 0.4) is 0 Å². The highest BCUT2D eigenvalue weighted by molar-refractivity contribution is 6.33. The average molecular weight is 457 g/mol. The lowest BCUT2D eigenvalue weighted by Crippen LogP contribution is -2.24. The molecule has 0 spiro atoms. The van der Waals surface area contributed by atoms with Gasteiger partial charge in [0.15, 0.2) is 0 Å². The number of anilines is 1. The summed E-state index contributed by atoms with van der Waals surface area (Å²) < 4.78 is 32.0. The Morgan fingerprint density at radius 2 is 1.84 bits per heavy atom. The zero-order valence-corrected chi connectivity index (χ0v) is 18.7. The number of nitrogens with zero attached hydrogens (tertiary/aromatic N) is 4. The predicted molar refractivity (Wildman–Crippen MR) is 119 cm³/mol.